The first-order valence-electron chi connectivity index (χ1n) is 15.8. The first-order chi connectivity index (χ1) is 22.1. The van der Waals surface area contributed by atoms with E-state index >= 15 is 0 Å². The average molecular weight is 744 g/mol. The van der Waals surface area contributed by atoms with Crippen molar-refractivity contribution in [1.82, 2.24) is 4.98 Å². The molecule has 1 aromatic heterocycles. The van der Waals surface area contributed by atoms with E-state index in [-0.39, 0.29) is 19.5 Å². The van der Waals surface area contributed by atoms with Crippen LogP contribution in [0.15, 0.2) is 91.1 Å². The van der Waals surface area contributed by atoms with Gasteiger partial charge in [-0.1, -0.05) is 113 Å². The van der Waals surface area contributed by atoms with Crippen molar-refractivity contribution < 1.29 is 19.5 Å². The molecule has 238 valence electrons. The van der Waals surface area contributed by atoms with Crippen LogP contribution in [0.4, 0.5) is 11.4 Å². The molecule has 0 atom stereocenters. The monoisotopic (exact) mass is 743 g/mol. The second kappa shape index (κ2) is 13.1. The molecule has 0 spiro atoms. The first-order valence-corrected chi connectivity index (χ1v) is 16.6. The maximum Gasteiger partial charge on any atom is 0.140 e. The van der Waals surface area contributed by atoms with Crippen LogP contribution in [0.5, 0.6) is 0 Å². The molecular formula is C41H37Cl2N3Ru. The van der Waals surface area contributed by atoms with Crippen molar-refractivity contribution in [2.75, 3.05) is 22.9 Å². The van der Waals surface area contributed by atoms with Gasteiger partial charge < -0.3 is 9.80 Å². The summed E-state index contributed by atoms with van der Waals surface area (Å²) in [5, 5.41) is 2.62. The fourth-order valence-electron chi connectivity index (χ4n) is 7.64. The molecule has 7 rings (SSSR count). The topological polar surface area (TPSA) is 19.4 Å². The zero-order valence-corrected chi connectivity index (χ0v) is 30.8. The molecule has 0 bridgehead atoms. The third-order valence-corrected chi connectivity index (χ3v) is 9.98. The van der Waals surface area contributed by atoms with E-state index in [0.717, 1.165) is 51.8 Å². The van der Waals surface area contributed by atoms with Gasteiger partial charge in [0.1, 0.15) is 11.2 Å². The van der Waals surface area contributed by atoms with Gasteiger partial charge in [0.15, 0.2) is 0 Å². The minimum absolute atomic E-state index is 0. The molecule has 1 saturated heterocycles. The fraction of sp³-hybridized carbons (Fsp3) is 0.195. The Morgan fingerprint density at radius 3 is 1.66 bits per heavy atom. The maximum atomic E-state index is 7.30. The van der Waals surface area contributed by atoms with Gasteiger partial charge in [-0.3, -0.25) is 4.98 Å². The van der Waals surface area contributed by atoms with E-state index in [1.807, 2.05) is 0 Å². The molecule has 4 aromatic carbocycles. The van der Waals surface area contributed by atoms with Gasteiger partial charge in [0.25, 0.3) is 0 Å². The molecular weight excluding hydrogens is 706 g/mol. The summed E-state index contributed by atoms with van der Waals surface area (Å²) in [6.45, 7) is 14.8. The molecule has 2 aliphatic rings. The minimum atomic E-state index is 0. The first kappa shape index (κ1) is 33.2. The summed E-state index contributed by atoms with van der Waals surface area (Å²) in [5.74, 6) is 1.02. The van der Waals surface area contributed by atoms with Crippen LogP contribution in [0.3, 0.4) is 0 Å². The summed E-state index contributed by atoms with van der Waals surface area (Å²) < 4.78 is 0. The van der Waals surface area contributed by atoms with Gasteiger partial charge >= 0.3 is 0 Å². The molecule has 0 amide bonds. The quantitative estimate of drug-likeness (QED) is 0.172. The predicted molar refractivity (Wildman–Crippen MR) is 195 cm³/mol. The van der Waals surface area contributed by atoms with Crippen LogP contribution < -0.4 is 20.4 Å². The van der Waals surface area contributed by atoms with Crippen LogP contribution in [0.1, 0.15) is 50.1 Å². The standard InChI is InChI=1S/C41H37Cl2N3.Ru/c1-24-18-26(3)39(27(4)19-24)45-16-17-46(40-28(5)20-25(2)21-29(40)6)41(45)38-36(37(43)35(42)23-44-38)34-22-33(30-12-8-7-9-13-30)31-14-10-11-15-32(31)34;/h7-15,18-23H,16-17H2,1-6H3;. The molecule has 3 nitrogen and oxygen atoms in total. The van der Waals surface area contributed by atoms with Crippen molar-refractivity contribution in [1.29, 1.82) is 0 Å². The van der Waals surface area contributed by atoms with Gasteiger partial charge in [0.2, 0.25) is 0 Å². The molecule has 0 N–H and O–H groups in total. The number of aryl methyl sites for hydroxylation is 6. The van der Waals surface area contributed by atoms with Crippen molar-refractivity contribution in [2.45, 2.75) is 41.5 Å². The minimum Gasteiger partial charge on any atom is -0.324 e. The van der Waals surface area contributed by atoms with E-state index in [0.29, 0.717) is 10.0 Å². The molecule has 5 aromatic rings. The Morgan fingerprint density at radius 1 is 0.638 bits per heavy atom. The van der Waals surface area contributed by atoms with Crippen LogP contribution >= 0.6 is 23.2 Å². The number of allylic oxidation sites excluding steroid dienone is 1. The number of pyridine rings is 1. The summed E-state index contributed by atoms with van der Waals surface area (Å²) in [6, 6.07) is 28.2. The van der Waals surface area contributed by atoms with Crippen molar-refractivity contribution in [2.24, 2.45) is 0 Å². The Kier molecular flexibility index (Phi) is 9.24. The van der Waals surface area contributed by atoms with Crippen LogP contribution in [0, 0.1) is 41.5 Å². The van der Waals surface area contributed by atoms with E-state index in [1.165, 1.54) is 50.3 Å². The van der Waals surface area contributed by atoms with Crippen LogP contribution in [0.25, 0.3) is 17.0 Å². The Labute approximate surface area is 300 Å². The Hall–Kier alpha value is -3.69. The van der Waals surface area contributed by atoms with E-state index in [4.69, 9.17) is 28.2 Å². The normalized spacial score (nSPS) is 15.1. The van der Waals surface area contributed by atoms with Crippen LogP contribution in [-0.2, 0) is 19.5 Å². The third-order valence-electron chi connectivity index (χ3n) is 9.20. The fourth-order valence-corrected chi connectivity index (χ4v) is 8.03. The molecule has 0 unspecified atom stereocenters. The number of anilines is 2. The van der Waals surface area contributed by atoms with E-state index in [1.54, 1.807) is 6.20 Å². The van der Waals surface area contributed by atoms with E-state index in [2.05, 4.69) is 136 Å². The summed E-state index contributed by atoms with van der Waals surface area (Å²) in [4.78, 5) is 10.0. The maximum absolute atomic E-state index is 7.30. The number of fused-ring (bicyclic) bond motifs is 1. The second-order valence-corrected chi connectivity index (χ2v) is 13.4. The van der Waals surface area contributed by atoms with Gasteiger partial charge in [-0.15, -0.1) is 0 Å². The largest absolute Gasteiger partial charge is 0.324 e. The smallest absolute Gasteiger partial charge is 0.140 e. The van der Waals surface area contributed by atoms with Crippen LogP contribution in [-0.4, -0.2) is 18.1 Å². The van der Waals surface area contributed by atoms with E-state index in [9.17, 15) is 0 Å². The number of halogens is 2. The molecule has 1 aliphatic heterocycles. The molecule has 1 aliphatic carbocycles. The van der Waals surface area contributed by atoms with Gasteiger partial charge in [-0.05, 0) is 97.7 Å². The Morgan fingerprint density at radius 2 is 1.13 bits per heavy atom. The van der Waals surface area contributed by atoms with Crippen molar-refractivity contribution in [3.05, 3.63) is 162 Å². The van der Waals surface area contributed by atoms with Gasteiger partial charge in [0, 0.05) is 55.4 Å². The summed E-state index contributed by atoms with van der Waals surface area (Å²) >= 11 is 14.1. The summed E-state index contributed by atoms with van der Waals surface area (Å²) in [7, 11) is 0. The molecule has 2 heterocycles. The summed E-state index contributed by atoms with van der Waals surface area (Å²) in [6.07, 6.45) is 3.97. The van der Waals surface area contributed by atoms with Gasteiger partial charge in [-0.2, -0.15) is 0 Å². The molecule has 47 heavy (non-hydrogen) atoms. The van der Waals surface area contributed by atoms with Crippen LogP contribution in [0.2, 0.25) is 10.0 Å². The number of rotatable bonds is 3. The number of nitrogens with zero attached hydrogens (tertiary/aromatic N) is 3. The molecule has 1 fully saturated rings. The Bertz CT molecular complexity index is 2090. The van der Waals surface area contributed by atoms with E-state index < -0.39 is 0 Å². The van der Waals surface area contributed by atoms with Crippen molar-refractivity contribution >= 4 is 51.5 Å². The Balaban J connectivity index is 0.00000386. The number of hydrogen-bond donors (Lipinski definition) is 0. The predicted octanol–water partition coefficient (Wildman–Crippen LogP) is 8.97. The molecule has 0 saturated carbocycles. The van der Waals surface area contributed by atoms with Crippen molar-refractivity contribution in [3.63, 3.8) is 0 Å². The zero-order chi connectivity index (χ0) is 32.3. The third kappa shape index (κ3) is 5.75. The molecule has 0 radical (unpaired) electrons. The number of aromatic nitrogens is 1. The van der Waals surface area contributed by atoms with Gasteiger partial charge in [-0.25, -0.2) is 0 Å². The average Bonchev–Trinajstić information content (AvgIpc) is 3.60. The van der Waals surface area contributed by atoms with Gasteiger partial charge in [0.05, 0.1) is 10.0 Å². The zero-order valence-electron chi connectivity index (χ0n) is 27.5. The SMILES string of the molecule is Cc1cc(C)c(N2CCN(c3c(C)cc(C)cc3C)C2=c2ncc(Cl)c(Cl)c2=C2C=C(c3ccccc3)c3ccccc32)c(C)c1.[Ru]. The number of benzene rings is 4. The molecule has 6 heteroatoms. The summed E-state index contributed by atoms with van der Waals surface area (Å²) in [5.41, 5.74) is 15.5. The number of hydrogen-bond acceptors (Lipinski definition) is 3. The van der Waals surface area contributed by atoms with Crippen molar-refractivity contribution in [3.8, 4) is 0 Å². The second-order valence-electron chi connectivity index (χ2n) is 12.6.